The number of fused-ring (bicyclic) bond motifs is 6. The van der Waals surface area contributed by atoms with Crippen LogP contribution in [-0.2, 0) is 18.6 Å². The highest BCUT2D eigenvalue weighted by Gasteiger charge is 2.89. The Morgan fingerprint density at radius 2 is 1.54 bits per heavy atom. The van der Waals surface area contributed by atoms with Gasteiger partial charge in [-0.15, -0.1) is 0 Å². The van der Waals surface area contributed by atoms with Gasteiger partial charge in [0.2, 0.25) is 0 Å². The molecule has 0 bridgehead atoms. The summed E-state index contributed by atoms with van der Waals surface area (Å²) >= 11 is 0. The maximum absolute atomic E-state index is 6.64. The molecule has 0 amide bonds. The van der Waals surface area contributed by atoms with E-state index in [4.69, 9.17) is 18.6 Å². The summed E-state index contributed by atoms with van der Waals surface area (Å²) in [5, 5.41) is 0. The van der Waals surface area contributed by atoms with Crippen molar-refractivity contribution in [1.29, 1.82) is 0 Å². The number of hydrogen-bond donors (Lipinski definition) is 0. The Bertz CT molecular complexity index is 858. The number of hydrogen-bond acceptors (Lipinski definition) is 4. The van der Waals surface area contributed by atoms with Crippen molar-refractivity contribution >= 4 is 14.0 Å². The van der Waals surface area contributed by atoms with Crippen molar-refractivity contribution in [3.05, 3.63) is 11.1 Å². The summed E-state index contributed by atoms with van der Waals surface area (Å²) in [6.07, 6.45) is 5.49. The van der Waals surface area contributed by atoms with Gasteiger partial charge in [0.1, 0.15) is 0 Å². The predicted octanol–water partition coefficient (Wildman–Crippen LogP) is 2.42. The van der Waals surface area contributed by atoms with Crippen molar-refractivity contribution in [2.75, 3.05) is 0 Å². The molecule has 0 aromatic carbocycles. The molecule has 2 saturated heterocycles. The van der Waals surface area contributed by atoms with E-state index in [0.29, 0.717) is 28.6 Å². The number of rotatable bonds is 1. The maximum atomic E-state index is 6.64. The van der Waals surface area contributed by atoms with E-state index >= 15 is 0 Å². The van der Waals surface area contributed by atoms with Gasteiger partial charge in [-0.05, 0) is 62.7 Å². The van der Waals surface area contributed by atoms with Crippen LogP contribution in [0.3, 0.4) is 0 Å². The van der Waals surface area contributed by atoms with Crippen LogP contribution >= 0.6 is 0 Å². The largest absolute Gasteiger partial charge is 0.488 e. The van der Waals surface area contributed by atoms with Gasteiger partial charge < -0.3 is 18.6 Å². The van der Waals surface area contributed by atoms with Crippen LogP contribution < -0.4 is 0 Å². The van der Waals surface area contributed by atoms with Crippen molar-refractivity contribution in [3.63, 3.8) is 0 Å². The molecule has 6 saturated carbocycles. The van der Waals surface area contributed by atoms with Crippen LogP contribution in [0.5, 0.6) is 0 Å². The summed E-state index contributed by atoms with van der Waals surface area (Å²) in [4.78, 5) is 0. The third-order valence-electron chi connectivity index (χ3n) is 11.4. The van der Waals surface area contributed by atoms with Crippen molar-refractivity contribution in [3.8, 4) is 0 Å². The summed E-state index contributed by atoms with van der Waals surface area (Å²) < 4.78 is 26.3. The van der Waals surface area contributed by atoms with Crippen LogP contribution in [0.25, 0.3) is 0 Å². The molecule has 0 radical (unpaired) electrons. The van der Waals surface area contributed by atoms with Crippen molar-refractivity contribution in [2.24, 2.45) is 40.4 Å². The Kier molecular flexibility index (Phi) is 1.76. The highest BCUT2D eigenvalue weighted by Crippen LogP contribution is 2.90. The lowest BCUT2D eigenvalue weighted by Crippen LogP contribution is -2.54. The first-order chi connectivity index (χ1) is 12.4. The average molecular weight is 350 g/mol. The van der Waals surface area contributed by atoms with Crippen LogP contribution in [0.15, 0.2) is 11.1 Å². The molecule has 9 rings (SSSR count). The van der Waals surface area contributed by atoms with Gasteiger partial charge in [-0.3, -0.25) is 0 Å². The van der Waals surface area contributed by atoms with Crippen LogP contribution in [0.2, 0.25) is 0 Å². The molecule has 2 heterocycles. The fourth-order valence-corrected chi connectivity index (χ4v) is 10.0. The summed E-state index contributed by atoms with van der Waals surface area (Å²) in [7, 11) is -0.675. The van der Waals surface area contributed by atoms with Crippen molar-refractivity contribution in [1.82, 2.24) is 0 Å². The van der Waals surface area contributed by atoms with E-state index in [1.54, 1.807) is 11.1 Å². The van der Waals surface area contributed by atoms with E-state index in [9.17, 15) is 0 Å². The molecule has 0 aromatic heterocycles. The first kappa shape index (κ1) is 13.8. The molecule has 4 nitrogen and oxygen atoms in total. The van der Waals surface area contributed by atoms with Gasteiger partial charge in [-0.25, -0.2) is 0 Å². The van der Waals surface area contributed by atoms with E-state index in [2.05, 4.69) is 20.8 Å². The van der Waals surface area contributed by atoms with E-state index in [1.165, 1.54) is 25.7 Å². The predicted molar refractivity (Wildman–Crippen MR) is 93.7 cm³/mol. The molecular weight excluding hydrogens is 326 g/mol. The molecule has 9 unspecified atom stereocenters. The van der Waals surface area contributed by atoms with Crippen LogP contribution in [0.4, 0.5) is 0 Å². The zero-order valence-corrected chi connectivity index (χ0v) is 15.7. The number of allylic oxidation sites excluding steroid dienone is 2. The van der Waals surface area contributed by atoms with Gasteiger partial charge in [0, 0.05) is 17.3 Å². The summed E-state index contributed by atoms with van der Waals surface area (Å²) in [5.41, 5.74) is 4.29. The standard InChI is InChI=1S/C20H24B2O4/c1-17-8-5-13(17)18(2)15(7-9(8)17)23-21(25-18)22-24-16-12-4-10-11-6-14(20(10,11)12)19(16,3)26-22/h8-9,12-16H,4-7H2,1-3H3/t8?,9?,12?,13?,14?,15?,16?,17?,18-,19+,20?/m1/s1. The summed E-state index contributed by atoms with van der Waals surface area (Å²) in [6.45, 7) is 7.08. The van der Waals surface area contributed by atoms with E-state index in [0.717, 1.165) is 11.8 Å². The molecular formula is C20H24B2O4. The van der Waals surface area contributed by atoms with Gasteiger partial charge >= 0.3 is 14.0 Å². The molecule has 7 aliphatic carbocycles. The van der Waals surface area contributed by atoms with E-state index < -0.39 is 0 Å². The third kappa shape index (κ3) is 0.980. The molecule has 134 valence electrons. The quantitative estimate of drug-likeness (QED) is 0.538. The first-order valence-corrected chi connectivity index (χ1v) is 10.8. The van der Waals surface area contributed by atoms with Crippen LogP contribution in [0.1, 0.15) is 46.5 Å². The minimum absolute atomic E-state index is 0.131. The Hall–Kier alpha value is -0.290. The molecule has 26 heavy (non-hydrogen) atoms. The van der Waals surface area contributed by atoms with Crippen LogP contribution in [0, 0.1) is 40.4 Å². The van der Waals surface area contributed by atoms with Gasteiger partial charge in [-0.2, -0.15) is 0 Å². The van der Waals surface area contributed by atoms with Crippen molar-refractivity contribution in [2.45, 2.75) is 69.9 Å². The van der Waals surface area contributed by atoms with E-state index in [-0.39, 0.29) is 37.4 Å². The maximum Gasteiger partial charge on any atom is 0.488 e. The highest BCUT2D eigenvalue weighted by molar-refractivity contribution is 7.11. The fourth-order valence-electron chi connectivity index (χ4n) is 10.0. The molecule has 1 spiro atoms. The minimum Gasteiger partial charge on any atom is -0.407 e. The lowest BCUT2D eigenvalue weighted by atomic mass is 9.48. The molecule has 6 heteroatoms. The second-order valence-corrected chi connectivity index (χ2v) is 11.5. The molecule has 2 aliphatic heterocycles. The first-order valence-electron chi connectivity index (χ1n) is 10.8. The second kappa shape index (κ2) is 3.32. The molecule has 0 aromatic rings. The Morgan fingerprint density at radius 1 is 0.808 bits per heavy atom. The van der Waals surface area contributed by atoms with Gasteiger partial charge in [0.15, 0.2) is 0 Å². The third-order valence-corrected chi connectivity index (χ3v) is 11.4. The van der Waals surface area contributed by atoms with Crippen molar-refractivity contribution < 1.29 is 18.6 Å². The Morgan fingerprint density at radius 3 is 2.35 bits per heavy atom. The minimum atomic E-state index is -0.338. The zero-order valence-electron chi connectivity index (χ0n) is 15.7. The molecule has 11 atom stereocenters. The zero-order chi connectivity index (χ0) is 17.0. The Labute approximate surface area is 154 Å². The lowest BCUT2D eigenvalue weighted by Gasteiger charge is -2.49. The van der Waals surface area contributed by atoms with Crippen LogP contribution in [-0.4, -0.2) is 37.4 Å². The van der Waals surface area contributed by atoms with Gasteiger partial charge in [0.25, 0.3) is 0 Å². The lowest BCUT2D eigenvalue weighted by molar-refractivity contribution is -0.0875. The normalized spacial score (nSPS) is 71.9. The Balaban J connectivity index is 1.03. The van der Waals surface area contributed by atoms with Gasteiger partial charge in [0.05, 0.1) is 23.4 Å². The van der Waals surface area contributed by atoms with Gasteiger partial charge in [-0.1, -0.05) is 18.1 Å². The summed E-state index contributed by atoms with van der Waals surface area (Å²) in [6, 6.07) is 0. The van der Waals surface area contributed by atoms with E-state index in [1.807, 2.05) is 0 Å². The fraction of sp³-hybridized carbons (Fsp3) is 0.900. The second-order valence-electron chi connectivity index (χ2n) is 11.5. The smallest absolute Gasteiger partial charge is 0.407 e. The highest BCUT2D eigenvalue weighted by atomic mass is 16.7. The molecule has 9 aliphatic rings. The SMILES string of the molecule is CC12C3CC4OB(B5OC6C7CC8=C9CC(C897)[C@]6(C)O5)O[C@]4(C)C1CC32. The average Bonchev–Trinajstić information content (AvgIpc) is 2.91. The molecule has 8 fully saturated rings. The monoisotopic (exact) mass is 350 g/mol. The topological polar surface area (TPSA) is 36.9 Å². The molecule has 0 N–H and O–H groups in total. The summed E-state index contributed by atoms with van der Waals surface area (Å²) in [5.74, 6) is 3.82.